The lowest BCUT2D eigenvalue weighted by Crippen LogP contribution is -2.07. The first kappa shape index (κ1) is 10.9. The molecule has 0 N–H and O–H groups in total. The molecule has 1 unspecified atom stereocenters. The molecule has 1 atom stereocenters. The lowest BCUT2D eigenvalue weighted by Gasteiger charge is -2.03. The summed E-state index contributed by atoms with van der Waals surface area (Å²) in [5.74, 6) is 1.47. The molecule has 82 valence electrons. The zero-order chi connectivity index (χ0) is 11.5. The molecule has 0 aliphatic rings. The number of halogens is 1. The Kier molecular flexibility index (Phi) is 3.04. The van der Waals surface area contributed by atoms with Crippen molar-refractivity contribution < 1.29 is 0 Å². The molecule has 2 aromatic heterocycles. The molecule has 0 aliphatic heterocycles. The first-order valence-electron chi connectivity index (χ1n) is 4.57. The van der Waals surface area contributed by atoms with Crippen molar-refractivity contribution in [2.45, 2.75) is 11.8 Å². The highest BCUT2D eigenvalue weighted by Gasteiger charge is 2.16. The maximum atomic E-state index is 4.20. The van der Waals surface area contributed by atoms with E-state index in [0.717, 1.165) is 0 Å². The van der Waals surface area contributed by atoms with Crippen LogP contribution < -0.4 is 0 Å². The van der Waals surface area contributed by atoms with Crippen LogP contribution in [0.4, 0.5) is 5.95 Å². The van der Waals surface area contributed by atoms with Gasteiger partial charge in [-0.25, -0.2) is 15.0 Å². The largest absolute Gasteiger partial charge is 0.268 e. The molecule has 0 radical (unpaired) electrons. The summed E-state index contributed by atoms with van der Waals surface area (Å²) in [5.41, 5.74) is 0. The Morgan fingerprint density at radius 1 is 1.44 bits per heavy atom. The minimum absolute atomic E-state index is 0.0271. The summed E-state index contributed by atoms with van der Waals surface area (Å²) < 4.78 is 1.55. The Balaban J connectivity index is 2.55. The molecule has 2 rings (SSSR count). The molecule has 0 saturated carbocycles. The Hall–Kier alpha value is -1.63. The van der Waals surface area contributed by atoms with Gasteiger partial charge in [0.15, 0.2) is 5.82 Å². The highest BCUT2D eigenvalue weighted by atomic mass is 79.9. The third-order valence-electron chi connectivity index (χ3n) is 1.86. The Morgan fingerprint density at radius 3 is 2.69 bits per heavy atom. The molecule has 0 aromatic carbocycles. The molecule has 0 amide bonds. The van der Waals surface area contributed by atoms with Crippen molar-refractivity contribution in [3.05, 3.63) is 24.3 Å². The van der Waals surface area contributed by atoms with Gasteiger partial charge >= 0.3 is 0 Å². The van der Waals surface area contributed by atoms with Gasteiger partial charge in [-0.2, -0.15) is 9.67 Å². The number of rotatable bonds is 3. The molecular weight excluding hydrogens is 272 g/mol. The molecule has 0 fully saturated rings. The SMILES string of the molecule is C=Nc1nc(C(C)Br)n(-c2ncccn2)n1. The molecule has 7 heteroatoms. The fourth-order valence-corrected chi connectivity index (χ4v) is 1.48. The van der Waals surface area contributed by atoms with Crippen molar-refractivity contribution >= 4 is 28.6 Å². The monoisotopic (exact) mass is 280 g/mol. The predicted octanol–water partition coefficient (Wildman–Crippen LogP) is 1.85. The van der Waals surface area contributed by atoms with Gasteiger partial charge in [0.1, 0.15) is 0 Å². The van der Waals surface area contributed by atoms with Crippen LogP contribution >= 0.6 is 15.9 Å². The standard InChI is InChI=1S/C9H9BrN6/c1-6(10)7-14-8(11-2)15-16(7)9-12-4-3-5-13-9/h3-6H,2H2,1H3. The van der Waals surface area contributed by atoms with E-state index >= 15 is 0 Å². The molecule has 6 nitrogen and oxygen atoms in total. The minimum Gasteiger partial charge on any atom is -0.226 e. The topological polar surface area (TPSA) is 68.8 Å². The van der Waals surface area contributed by atoms with Crippen molar-refractivity contribution in [1.29, 1.82) is 0 Å². The van der Waals surface area contributed by atoms with Crippen molar-refractivity contribution in [2.75, 3.05) is 0 Å². The molecular formula is C9H9BrN6. The lowest BCUT2D eigenvalue weighted by atomic mass is 10.4. The number of aliphatic imine (C=N–C) groups is 1. The third-order valence-corrected chi connectivity index (χ3v) is 2.27. The predicted molar refractivity (Wildman–Crippen MR) is 63.5 cm³/mol. The molecule has 0 aliphatic carbocycles. The fourth-order valence-electron chi connectivity index (χ4n) is 1.19. The van der Waals surface area contributed by atoms with E-state index in [1.165, 1.54) is 0 Å². The maximum Gasteiger partial charge on any atom is 0.268 e. The highest BCUT2D eigenvalue weighted by molar-refractivity contribution is 9.09. The second kappa shape index (κ2) is 4.48. The van der Waals surface area contributed by atoms with Gasteiger partial charge in [-0.1, -0.05) is 15.9 Å². The van der Waals surface area contributed by atoms with Crippen molar-refractivity contribution in [1.82, 2.24) is 24.7 Å². The normalized spacial score (nSPS) is 12.4. The Morgan fingerprint density at radius 2 is 2.12 bits per heavy atom. The van der Waals surface area contributed by atoms with Gasteiger partial charge in [-0.3, -0.25) is 0 Å². The van der Waals surface area contributed by atoms with Crippen LogP contribution in [-0.4, -0.2) is 31.4 Å². The number of alkyl halides is 1. The van der Waals surface area contributed by atoms with Crippen LogP contribution in [0.15, 0.2) is 23.5 Å². The molecule has 16 heavy (non-hydrogen) atoms. The summed E-state index contributed by atoms with van der Waals surface area (Å²) in [6.07, 6.45) is 3.29. The van der Waals surface area contributed by atoms with Crippen LogP contribution in [0.1, 0.15) is 17.6 Å². The van der Waals surface area contributed by atoms with E-state index in [1.807, 2.05) is 6.92 Å². The van der Waals surface area contributed by atoms with Crippen LogP contribution in [0.3, 0.4) is 0 Å². The Labute approximate surface area is 101 Å². The van der Waals surface area contributed by atoms with E-state index < -0.39 is 0 Å². The van der Waals surface area contributed by atoms with E-state index in [9.17, 15) is 0 Å². The first-order valence-corrected chi connectivity index (χ1v) is 5.49. The molecule has 2 aromatic rings. The first-order chi connectivity index (χ1) is 7.72. The van der Waals surface area contributed by atoms with Gasteiger partial charge in [0.25, 0.3) is 11.9 Å². The maximum absolute atomic E-state index is 4.20. The Bertz CT molecular complexity index is 492. The van der Waals surface area contributed by atoms with Crippen molar-refractivity contribution in [2.24, 2.45) is 4.99 Å². The summed E-state index contributed by atoms with van der Waals surface area (Å²) in [6, 6.07) is 1.74. The number of hydrogen-bond donors (Lipinski definition) is 0. The van der Waals surface area contributed by atoms with Crippen molar-refractivity contribution in [3.8, 4) is 5.95 Å². The molecule has 0 saturated heterocycles. The van der Waals surface area contributed by atoms with E-state index in [4.69, 9.17) is 0 Å². The zero-order valence-electron chi connectivity index (χ0n) is 8.58. The number of nitrogens with zero attached hydrogens (tertiary/aromatic N) is 6. The van der Waals surface area contributed by atoms with Gasteiger partial charge in [0.05, 0.1) is 4.83 Å². The molecule has 2 heterocycles. The lowest BCUT2D eigenvalue weighted by molar-refractivity contribution is 0.749. The van der Waals surface area contributed by atoms with Crippen LogP contribution in [0.25, 0.3) is 5.95 Å². The summed E-state index contributed by atoms with van der Waals surface area (Å²) in [7, 11) is 0. The van der Waals surface area contributed by atoms with Gasteiger partial charge in [-0.05, 0) is 19.7 Å². The molecule has 0 spiro atoms. The van der Waals surface area contributed by atoms with Gasteiger partial charge in [0.2, 0.25) is 0 Å². The van der Waals surface area contributed by atoms with E-state index in [-0.39, 0.29) is 4.83 Å². The van der Waals surface area contributed by atoms with Crippen LogP contribution in [0.5, 0.6) is 0 Å². The van der Waals surface area contributed by atoms with Crippen LogP contribution in [0.2, 0.25) is 0 Å². The average molecular weight is 281 g/mol. The van der Waals surface area contributed by atoms with Crippen LogP contribution in [0, 0.1) is 0 Å². The van der Waals surface area contributed by atoms with Gasteiger partial charge in [-0.15, -0.1) is 5.10 Å². The highest BCUT2D eigenvalue weighted by Crippen LogP contribution is 2.23. The second-order valence-electron chi connectivity index (χ2n) is 3.00. The quantitative estimate of drug-likeness (QED) is 0.636. The van der Waals surface area contributed by atoms with Gasteiger partial charge < -0.3 is 0 Å². The molecule has 0 bridgehead atoms. The van der Waals surface area contributed by atoms with E-state index in [2.05, 4.69) is 47.7 Å². The smallest absolute Gasteiger partial charge is 0.226 e. The summed E-state index contributed by atoms with van der Waals surface area (Å²) in [5, 5.41) is 4.14. The third kappa shape index (κ3) is 1.99. The fraction of sp³-hybridized carbons (Fsp3) is 0.222. The van der Waals surface area contributed by atoms with Gasteiger partial charge in [0, 0.05) is 12.4 Å². The zero-order valence-corrected chi connectivity index (χ0v) is 10.2. The van der Waals surface area contributed by atoms with E-state index in [1.54, 1.807) is 23.1 Å². The summed E-state index contributed by atoms with van der Waals surface area (Å²) >= 11 is 3.43. The minimum atomic E-state index is 0.0271. The number of hydrogen-bond acceptors (Lipinski definition) is 5. The summed E-state index contributed by atoms with van der Waals surface area (Å²) in [6.45, 7) is 5.33. The average Bonchev–Trinajstić information content (AvgIpc) is 2.74. The number of aromatic nitrogens is 5. The summed E-state index contributed by atoms with van der Waals surface area (Å²) in [4.78, 5) is 16.1. The second-order valence-corrected chi connectivity index (χ2v) is 4.38. The van der Waals surface area contributed by atoms with E-state index in [0.29, 0.717) is 17.7 Å². The van der Waals surface area contributed by atoms with Crippen molar-refractivity contribution in [3.63, 3.8) is 0 Å². The van der Waals surface area contributed by atoms with Crippen LogP contribution in [-0.2, 0) is 0 Å².